The van der Waals surface area contributed by atoms with Crippen molar-refractivity contribution in [3.05, 3.63) is 205 Å². The summed E-state index contributed by atoms with van der Waals surface area (Å²) in [6.45, 7) is 0.782. The van der Waals surface area contributed by atoms with Gasteiger partial charge in [0.15, 0.2) is 11.0 Å². The number of aromatic amines is 1. The van der Waals surface area contributed by atoms with Crippen LogP contribution in [0.1, 0.15) is 28.3 Å². The number of nitrogens with one attached hydrogen (secondary N) is 1. The lowest BCUT2D eigenvalue weighted by Crippen LogP contribution is -2.28. The molecular weight excluding hydrogens is 647 g/mol. The van der Waals surface area contributed by atoms with Crippen molar-refractivity contribution in [2.75, 3.05) is 6.54 Å². The second kappa shape index (κ2) is 11.8. The van der Waals surface area contributed by atoms with Crippen LogP contribution in [0.5, 0.6) is 11.5 Å². The molecule has 1 aromatic heterocycles. The highest BCUT2D eigenvalue weighted by molar-refractivity contribution is 6.13. The van der Waals surface area contributed by atoms with Crippen LogP contribution in [0, 0.1) is 0 Å². The van der Waals surface area contributed by atoms with Gasteiger partial charge in [-0.2, -0.15) is 4.57 Å². The van der Waals surface area contributed by atoms with Gasteiger partial charge in [-0.25, -0.2) is 4.98 Å². The predicted molar refractivity (Wildman–Crippen MR) is 214 cm³/mol. The number of allylic oxidation sites excluding steroid dienone is 2. The molecular formula is C49H34N3O+. The van der Waals surface area contributed by atoms with Gasteiger partial charge in [0.05, 0.1) is 6.04 Å². The minimum atomic E-state index is 0.0308. The zero-order valence-corrected chi connectivity index (χ0v) is 28.9. The maximum absolute atomic E-state index is 6.65. The molecule has 1 atom stereocenters. The van der Waals surface area contributed by atoms with Crippen molar-refractivity contribution in [3.8, 4) is 50.6 Å². The van der Waals surface area contributed by atoms with E-state index < -0.39 is 0 Å². The van der Waals surface area contributed by atoms with Gasteiger partial charge in [-0.3, -0.25) is 0 Å². The molecule has 0 amide bonds. The van der Waals surface area contributed by atoms with Crippen molar-refractivity contribution < 1.29 is 9.30 Å². The third kappa shape index (κ3) is 4.73. The van der Waals surface area contributed by atoms with E-state index in [1.54, 1.807) is 0 Å². The van der Waals surface area contributed by atoms with Crippen LogP contribution in [0.2, 0.25) is 0 Å². The van der Waals surface area contributed by atoms with E-state index in [2.05, 4.69) is 178 Å². The number of hydrogen-bond acceptors (Lipinski definition) is 2. The Kier molecular flexibility index (Phi) is 6.65. The Balaban J connectivity index is 1.01. The number of ether oxygens (including phenoxy) is 1. The highest BCUT2D eigenvalue weighted by Gasteiger charge is 2.35. The molecule has 0 fully saturated rings. The number of para-hydroxylation sites is 2. The molecule has 7 aromatic carbocycles. The third-order valence-electron chi connectivity index (χ3n) is 11.1. The first-order valence-corrected chi connectivity index (χ1v) is 18.2. The molecule has 0 spiro atoms. The molecule has 0 saturated carbocycles. The van der Waals surface area contributed by atoms with Crippen LogP contribution in [0.3, 0.4) is 0 Å². The number of hydrogen-bond donors (Lipinski definition) is 1. The smallest absolute Gasteiger partial charge is 0.247 e. The quantitative estimate of drug-likeness (QED) is 0.188. The summed E-state index contributed by atoms with van der Waals surface area (Å²) in [5, 5.41) is 0. The predicted octanol–water partition coefficient (Wildman–Crippen LogP) is 11.4. The summed E-state index contributed by atoms with van der Waals surface area (Å²) >= 11 is 0. The first-order chi connectivity index (χ1) is 26.3. The van der Waals surface area contributed by atoms with Gasteiger partial charge < -0.3 is 9.64 Å². The monoisotopic (exact) mass is 680 g/mol. The lowest BCUT2D eigenvalue weighted by molar-refractivity contribution is -0.567. The molecule has 0 saturated heterocycles. The molecule has 4 nitrogen and oxygen atoms in total. The zero-order valence-electron chi connectivity index (χ0n) is 28.9. The van der Waals surface area contributed by atoms with E-state index in [4.69, 9.17) is 4.74 Å². The van der Waals surface area contributed by atoms with E-state index in [-0.39, 0.29) is 6.04 Å². The summed E-state index contributed by atoms with van der Waals surface area (Å²) < 4.78 is 8.82. The number of imidazole rings is 1. The van der Waals surface area contributed by atoms with Gasteiger partial charge in [-0.1, -0.05) is 127 Å². The molecule has 4 heteroatoms. The highest BCUT2D eigenvalue weighted by atomic mass is 16.5. The maximum atomic E-state index is 6.65. The van der Waals surface area contributed by atoms with Crippen molar-refractivity contribution in [2.45, 2.75) is 6.04 Å². The maximum Gasteiger partial charge on any atom is 0.247 e. The minimum absolute atomic E-state index is 0.0308. The summed E-state index contributed by atoms with van der Waals surface area (Å²) in [5.41, 5.74) is 18.5. The van der Waals surface area contributed by atoms with Crippen LogP contribution in [0.4, 0.5) is 0 Å². The van der Waals surface area contributed by atoms with E-state index in [1.165, 1.54) is 66.8 Å². The first-order valence-electron chi connectivity index (χ1n) is 18.2. The lowest BCUT2D eigenvalue weighted by Gasteiger charge is -2.35. The number of aromatic nitrogens is 2. The average Bonchev–Trinajstić information content (AvgIpc) is 3.80. The van der Waals surface area contributed by atoms with Crippen LogP contribution in [-0.2, 0) is 0 Å². The van der Waals surface area contributed by atoms with Crippen molar-refractivity contribution in [1.29, 1.82) is 0 Å². The van der Waals surface area contributed by atoms with Crippen LogP contribution >= 0.6 is 0 Å². The van der Waals surface area contributed by atoms with E-state index in [1.807, 2.05) is 18.5 Å². The molecule has 0 radical (unpaired) electrons. The molecule has 2 heterocycles. The Morgan fingerprint density at radius 3 is 1.89 bits per heavy atom. The fraction of sp³-hybridized carbons (Fsp3) is 0.0408. The summed E-state index contributed by atoms with van der Waals surface area (Å²) in [7, 11) is 0. The molecule has 53 heavy (non-hydrogen) atoms. The van der Waals surface area contributed by atoms with Gasteiger partial charge in [0.2, 0.25) is 6.33 Å². The SMILES string of the molecule is C1=C2C(=CN(C3c4ccccc4-c4ccc(Oc5cccc(-[n+]6c[nH]c7ccccc76)c5)cc43)C1)c1ccccc1-c1ccccc1-c1ccccc12. The molecule has 0 bridgehead atoms. The second-order valence-electron chi connectivity index (χ2n) is 14.0. The summed E-state index contributed by atoms with van der Waals surface area (Å²) in [4.78, 5) is 5.90. The summed E-state index contributed by atoms with van der Waals surface area (Å²) in [6, 6.07) is 58.7. The normalized spacial score (nSPS) is 15.1. The topological polar surface area (TPSA) is 32.1 Å². The van der Waals surface area contributed by atoms with Gasteiger partial charge in [-0.15, -0.1) is 0 Å². The number of rotatable bonds is 4. The van der Waals surface area contributed by atoms with Gasteiger partial charge in [0, 0.05) is 24.4 Å². The minimum Gasteiger partial charge on any atom is -0.457 e. The van der Waals surface area contributed by atoms with E-state index in [9.17, 15) is 0 Å². The number of H-pyrrole nitrogens is 1. The number of fused-ring (bicyclic) bond motifs is 12. The molecule has 3 aliphatic rings. The first kappa shape index (κ1) is 29.8. The largest absolute Gasteiger partial charge is 0.457 e. The van der Waals surface area contributed by atoms with Crippen LogP contribution in [0.15, 0.2) is 182 Å². The van der Waals surface area contributed by atoms with Crippen LogP contribution in [0.25, 0.3) is 61.2 Å². The molecule has 2 aliphatic carbocycles. The molecule has 11 rings (SSSR count). The average molecular weight is 681 g/mol. The van der Waals surface area contributed by atoms with Crippen LogP contribution < -0.4 is 9.30 Å². The summed E-state index contributed by atoms with van der Waals surface area (Å²) in [5.74, 6) is 1.62. The third-order valence-corrected chi connectivity index (χ3v) is 11.1. The zero-order chi connectivity index (χ0) is 34.9. The Morgan fingerprint density at radius 1 is 0.509 bits per heavy atom. The fourth-order valence-corrected chi connectivity index (χ4v) is 8.74. The summed E-state index contributed by atoms with van der Waals surface area (Å²) in [6.07, 6.45) is 6.86. The number of benzene rings is 7. The van der Waals surface area contributed by atoms with Crippen molar-refractivity contribution in [3.63, 3.8) is 0 Å². The van der Waals surface area contributed by atoms with Gasteiger partial charge >= 0.3 is 0 Å². The van der Waals surface area contributed by atoms with Gasteiger partial charge in [-0.05, 0) is 97.6 Å². The van der Waals surface area contributed by atoms with Crippen molar-refractivity contribution in [1.82, 2.24) is 9.88 Å². The molecule has 1 N–H and O–H groups in total. The van der Waals surface area contributed by atoms with E-state index >= 15 is 0 Å². The Hall–Kier alpha value is -6.91. The van der Waals surface area contributed by atoms with E-state index in [0.29, 0.717) is 0 Å². The van der Waals surface area contributed by atoms with E-state index in [0.717, 1.165) is 34.8 Å². The Labute approximate surface area is 308 Å². The lowest BCUT2D eigenvalue weighted by atomic mass is 9.79. The fourth-order valence-electron chi connectivity index (χ4n) is 8.74. The molecule has 1 aliphatic heterocycles. The number of nitrogens with zero attached hydrogens (tertiary/aromatic N) is 2. The van der Waals surface area contributed by atoms with Crippen LogP contribution in [-0.4, -0.2) is 16.4 Å². The molecule has 250 valence electrons. The van der Waals surface area contributed by atoms with Gasteiger partial charge in [0.1, 0.15) is 17.2 Å². The van der Waals surface area contributed by atoms with Gasteiger partial charge in [0.25, 0.3) is 0 Å². The Morgan fingerprint density at radius 2 is 1.11 bits per heavy atom. The molecule has 1 unspecified atom stereocenters. The van der Waals surface area contributed by atoms with Crippen molar-refractivity contribution >= 4 is 22.2 Å². The second-order valence-corrected chi connectivity index (χ2v) is 14.0. The standard InChI is InChI=1S/C49H33N3O/c1-2-15-36-35(14-1)37-16-3-4-18-39(37)43-26-27-51(30-46(43)41-20-6-5-17-38(36)41)49-44-21-8-7-19-40(44)42-25-24-34(29-45(42)49)53-33-13-11-12-32(28-33)52-31-50-47-22-9-10-23-48(47)52/h1-26,28-31,49H,27H2/p+1. The Bertz CT molecular complexity index is 2820. The highest BCUT2D eigenvalue weighted by Crippen LogP contribution is 2.52. The van der Waals surface area contributed by atoms with Crippen molar-refractivity contribution in [2.24, 2.45) is 0 Å². The molecule has 8 aromatic rings.